The van der Waals surface area contributed by atoms with Crippen molar-refractivity contribution in [3.05, 3.63) is 23.9 Å². The van der Waals surface area contributed by atoms with Crippen LogP contribution in [0.4, 0.5) is 0 Å². The molecule has 0 bridgehead atoms. The van der Waals surface area contributed by atoms with Gasteiger partial charge in [-0.25, -0.2) is 9.98 Å². The molecule has 2 N–H and O–H groups in total. The Labute approximate surface area is 149 Å². The molecule has 0 saturated carbocycles. The number of aromatic nitrogens is 1. The first-order chi connectivity index (χ1) is 10.3. The van der Waals surface area contributed by atoms with E-state index in [1.807, 2.05) is 12.1 Å². The van der Waals surface area contributed by atoms with Crippen molar-refractivity contribution in [1.82, 2.24) is 15.6 Å². The highest BCUT2D eigenvalue weighted by atomic mass is 127. The van der Waals surface area contributed by atoms with Gasteiger partial charge in [-0.05, 0) is 25.3 Å². The van der Waals surface area contributed by atoms with Gasteiger partial charge >= 0.3 is 0 Å². The van der Waals surface area contributed by atoms with Crippen LogP contribution in [0.5, 0.6) is 5.88 Å². The molecule has 1 aromatic rings. The summed E-state index contributed by atoms with van der Waals surface area (Å²) in [5.74, 6) is 1.43. The van der Waals surface area contributed by atoms with Crippen LogP contribution in [0.3, 0.4) is 0 Å². The Morgan fingerprint density at radius 1 is 1.45 bits per heavy atom. The van der Waals surface area contributed by atoms with E-state index < -0.39 is 0 Å². The number of rotatable bonds is 6. The summed E-state index contributed by atoms with van der Waals surface area (Å²) in [6, 6.07) is 3.82. The predicted octanol–water partition coefficient (Wildman–Crippen LogP) is 1.94. The van der Waals surface area contributed by atoms with Crippen LogP contribution in [0.15, 0.2) is 23.3 Å². The van der Waals surface area contributed by atoms with Gasteiger partial charge < -0.3 is 20.1 Å². The van der Waals surface area contributed by atoms with Gasteiger partial charge in [0.25, 0.3) is 0 Å². The fraction of sp³-hybridized carbons (Fsp3) is 0.600. The second kappa shape index (κ2) is 10.6. The summed E-state index contributed by atoms with van der Waals surface area (Å²) in [7, 11) is 1.61. The molecule has 2 heterocycles. The molecule has 0 amide bonds. The van der Waals surface area contributed by atoms with E-state index in [2.05, 4.69) is 27.5 Å². The number of methoxy groups -OCH3 is 1. The molecule has 1 aliphatic rings. The Morgan fingerprint density at radius 3 is 2.91 bits per heavy atom. The van der Waals surface area contributed by atoms with E-state index in [0.717, 1.165) is 44.1 Å². The molecule has 0 aliphatic carbocycles. The van der Waals surface area contributed by atoms with E-state index in [1.165, 1.54) is 0 Å². The van der Waals surface area contributed by atoms with Gasteiger partial charge in [0.05, 0.1) is 19.8 Å². The average molecular weight is 420 g/mol. The molecule has 1 aliphatic heterocycles. The number of guanidine groups is 1. The van der Waals surface area contributed by atoms with E-state index in [0.29, 0.717) is 18.5 Å². The first-order valence-corrected chi connectivity index (χ1v) is 7.44. The maximum absolute atomic E-state index is 5.60. The van der Waals surface area contributed by atoms with Gasteiger partial charge in [0, 0.05) is 32.0 Å². The Balaban J connectivity index is 0.00000242. The number of halogens is 1. The molecule has 0 aromatic carbocycles. The van der Waals surface area contributed by atoms with Gasteiger partial charge in [0.2, 0.25) is 5.88 Å². The number of hydrogen-bond acceptors (Lipinski definition) is 4. The molecule has 1 aromatic heterocycles. The maximum atomic E-state index is 5.60. The van der Waals surface area contributed by atoms with E-state index in [-0.39, 0.29) is 24.0 Å². The van der Waals surface area contributed by atoms with Crippen molar-refractivity contribution >= 4 is 29.9 Å². The third-order valence-corrected chi connectivity index (χ3v) is 3.29. The molecule has 1 saturated heterocycles. The maximum Gasteiger partial charge on any atom is 0.212 e. The average Bonchev–Trinajstić information content (AvgIpc) is 3.04. The highest BCUT2D eigenvalue weighted by molar-refractivity contribution is 14.0. The number of nitrogens with zero attached hydrogens (tertiary/aromatic N) is 2. The molecule has 2 rings (SSSR count). The quantitative estimate of drug-likeness (QED) is 0.419. The summed E-state index contributed by atoms with van der Waals surface area (Å²) in [4.78, 5) is 8.74. The zero-order valence-corrected chi connectivity index (χ0v) is 15.5. The summed E-state index contributed by atoms with van der Waals surface area (Å²) in [5.41, 5.74) is 1.05. The van der Waals surface area contributed by atoms with Gasteiger partial charge in [-0.15, -0.1) is 24.0 Å². The summed E-state index contributed by atoms with van der Waals surface area (Å²) < 4.78 is 10.6. The minimum atomic E-state index is 0. The van der Waals surface area contributed by atoms with Gasteiger partial charge in [-0.2, -0.15) is 0 Å². The van der Waals surface area contributed by atoms with Crippen molar-refractivity contribution in [2.45, 2.75) is 32.4 Å². The molecule has 7 heteroatoms. The van der Waals surface area contributed by atoms with Crippen LogP contribution in [0.25, 0.3) is 0 Å². The summed E-state index contributed by atoms with van der Waals surface area (Å²) in [6.07, 6.45) is 4.36. The fourth-order valence-electron chi connectivity index (χ4n) is 2.15. The molecule has 22 heavy (non-hydrogen) atoms. The molecule has 1 fully saturated rings. The topological polar surface area (TPSA) is 67.8 Å². The minimum absolute atomic E-state index is 0. The van der Waals surface area contributed by atoms with Crippen molar-refractivity contribution in [2.75, 3.05) is 26.8 Å². The molecular weight excluding hydrogens is 395 g/mol. The van der Waals surface area contributed by atoms with Gasteiger partial charge in [0.15, 0.2) is 5.96 Å². The second-order valence-electron chi connectivity index (χ2n) is 4.92. The molecule has 6 nitrogen and oxygen atoms in total. The largest absolute Gasteiger partial charge is 0.481 e. The normalized spacial score (nSPS) is 17.7. The lowest BCUT2D eigenvalue weighted by Crippen LogP contribution is -2.41. The van der Waals surface area contributed by atoms with Crippen molar-refractivity contribution in [3.63, 3.8) is 0 Å². The van der Waals surface area contributed by atoms with Gasteiger partial charge in [0.1, 0.15) is 0 Å². The highest BCUT2D eigenvalue weighted by Gasteiger charge is 2.15. The number of aliphatic imine (C=N–C) groups is 1. The van der Waals surface area contributed by atoms with Gasteiger partial charge in [-0.3, -0.25) is 0 Å². The smallest absolute Gasteiger partial charge is 0.212 e. The lowest BCUT2D eigenvalue weighted by molar-refractivity contribution is 0.114. The molecule has 0 radical (unpaired) electrons. The van der Waals surface area contributed by atoms with Crippen molar-refractivity contribution in [1.29, 1.82) is 0 Å². The minimum Gasteiger partial charge on any atom is -0.481 e. The number of pyridine rings is 1. The van der Waals surface area contributed by atoms with Crippen LogP contribution in [0.1, 0.15) is 25.3 Å². The van der Waals surface area contributed by atoms with Crippen LogP contribution in [0, 0.1) is 0 Å². The third kappa shape index (κ3) is 6.35. The monoisotopic (exact) mass is 420 g/mol. The van der Waals surface area contributed by atoms with Crippen molar-refractivity contribution in [3.8, 4) is 5.88 Å². The van der Waals surface area contributed by atoms with E-state index in [4.69, 9.17) is 9.47 Å². The Morgan fingerprint density at radius 2 is 2.32 bits per heavy atom. The SMILES string of the molecule is CCNC(=NCc1ccc(OC)nc1)NCC1CCCO1.I. The van der Waals surface area contributed by atoms with Crippen LogP contribution in [0.2, 0.25) is 0 Å². The summed E-state index contributed by atoms with van der Waals surface area (Å²) in [5, 5.41) is 6.56. The first-order valence-electron chi connectivity index (χ1n) is 7.44. The van der Waals surface area contributed by atoms with Crippen LogP contribution in [-0.2, 0) is 11.3 Å². The van der Waals surface area contributed by atoms with Crippen LogP contribution in [-0.4, -0.2) is 43.9 Å². The predicted molar refractivity (Wildman–Crippen MR) is 98.0 cm³/mol. The number of nitrogens with one attached hydrogen (secondary N) is 2. The molecular formula is C15H25IN4O2. The number of hydrogen-bond donors (Lipinski definition) is 2. The zero-order chi connectivity index (χ0) is 14.9. The van der Waals surface area contributed by atoms with Crippen molar-refractivity contribution in [2.24, 2.45) is 4.99 Å². The zero-order valence-electron chi connectivity index (χ0n) is 13.2. The Kier molecular flexibility index (Phi) is 9.14. The van der Waals surface area contributed by atoms with E-state index in [9.17, 15) is 0 Å². The Bertz CT molecular complexity index is 447. The second-order valence-corrected chi connectivity index (χ2v) is 4.92. The van der Waals surface area contributed by atoms with Gasteiger partial charge in [-0.1, -0.05) is 6.07 Å². The highest BCUT2D eigenvalue weighted by Crippen LogP contribution is 2.10. The molecule has 1 unspecified atom stereocenters. The molecule has 0 spiro atoms. The van der Waals surface area contributed by atoms with E-state index in [1.54, 1.807) is 13.3 Å². The standard InChI is InChI=1S/C15H24N4O2.HI/c1-3-16-15(19-11-13-5-4-8-21-13)18-10-12-6-7-14(20-2)17-9-12;/h6-7,9,13H,3-5,8,10-11H2,1-2H3,(H2,16,18,19);1H. The lowest BCUT2D eigenvalue weighted by Gasteiger charge is -2.14. The Hall–Kier alpha value is -1.09. The van der Waals surface area contributed by atoms with Crippen LogP contribution >= 0.6 is 24.0 Å². The number of ether oxygens (including phenoxy) is 2. The summed E-state index contributed by atoms with van der Waals surface area (Å²) in [6.45, 7) is 5.14. The molecule has 124 valence electrons. The fourth-order valence-corrected chi connectivity index (χ4v) is 2.15. The third-order valence-electron chi connectivity index (χ3n) is 3.29. The summed E-state index contributed by atoms with van der Waals surface area (Å²) >= 11 is 0. The van der Waals surface area contributed by atoms with Crippen molar-refractivity contribution < 1.29 is 9.47 Å². The van der Waals surface area contributed by atoms with E-state index >= 15 is 0 Å². The first kappa shape index (κ1) is 19.0. The van der Waals surface area contributed by atoms with Crippen LogP contribution < -0.4 is 15.4 Å². The lowest BCUT2D eigenvalue weighted by atomic mass is 10.2. The molecule has 1 atom stereocenters.